The van der Waals surface area contributed by atoms with Crippen molar-refractivity contribution < 1.29 is 4.21 Å². The zero-order chi connectivity index (χ0) is 12.1. The van der Waals surface area contributed by atoms with E-state index in [1.807, 2.05) is 6.07 Å². The number of halogens is 1. The smallest absolute Gasteiger partial charge is 0.130 e. The van der Waals surface area contributed by atoms with Crippen LogP contribution in [0.1, 0.15) is 26.2 Å². The lowest BCUT2D eigenvalue weighted by Gasteiger charge is -2.02. The number of rotatable bonds is 3. The van der Waals surface area contributed by atoms with Gasteiger partial charge in [-0.1, -0.05) is 13.3 Å². The molecule has 3 nitrogen and oxygen atoms in total. The molecule has 0 bridgehead atoms. The number of hydrogen-bond donors (Lipinski definition) is 0. The van der Waals surface area contributed by atoms with Crippen molar-refractivity contribution in [1.82, 2.24) is 0 Å². The predicted molar refractivity (Wildman–Crippen MR) is 69.2 cm³/mol. The van der Waals surface area contributed by atoms with Crippen molar-refractivity contribution in [2.24, 2.45) is 0 Å². The van der Waals surface area contributed by atoms with Crippen molar-refractivity contribution in [3.63, 3.8) is 0 Å². The normalized spacial score (nSPS) is 19.6. The highest BCUT2D eigenvalue weighted by Crippen LogP contribution is 2.38. The Kier molecular flexibility index (Phi) is 5.14. The highest BCUT2D eigenvalue weighted by atomic mass is 79.9. The third-order valence-corrected chi connectivity index (χ3v) is 6.37. The Bertz CT molecular complexity index is 516. The number of nitrogens with zero attached hydrogens (tertiary/aromatic N) is 2. The third-order valence-electron chi connectivity index (χ3n) is 2.15. The minimum Gasteiger partial charge on any atom is -0.205 e. The monoisotopic (exact) mass is 316 g/mol. The summed E-state index contributed by atoms with van der Waals surface area (Å²) in [6, 6.07) is 4.10. The van der Waals surface area contributed by atoms with Gasteiger partial charge in [0, 0.05) is 4.91 Å². The molecule has 6 heteroatoms. The Morgan fingerprint density at radius 1 is 1.44 bits per heavy atom. The van der Waals surface area contributed by atoms with Gasteiger partial charge in [0.05, 0.1) is 10.1 Å². The molecule has 0 aliphatic carbocycles. The molecule has 1 heterocycles. The van der Waals surface area contributed by atoms with E-state index >= 15 is 0 Å². The van der Waals surface area contributed by atoms with Crippen LogP contribution in [0.3, 0.4) is 0 Å². The van der Waals surface area contributed by atoms with E-state index in [9.17, 15) is 4.21 Å². The molecular weight excluding hydrogens is 308 g/mol. The molecule has 0 amide bonds. The first-order valence-electron chi connectivity index (χ1n) is 4.69. The fourth-order valence-electron chi connectivity index (χ4n) is 1.37. The second-order valence-corrected chi connectivity index (χ2v) is 6.88. The van der Waals surface area contributed by atoms with Crippen molar-refractivity contribution in [3.8, 4) is 12.1 Å². The molecule has 16 heavy (non-hydrogen) atoms. The summed E-state index contributed by atoms with van der Waals surface area (Å²) in [4.78, 5) is 1.23. The van der Waals surface area contributed by atoms with Gasteiger partial charge in [-0.05, 0) is 38.2 Å². The SMILES string of the molecule is CCCCC1=C(C#N)C(Br)=C(C#N)S1=S=O. The van der Waals surface area contributed by atoms with E-state index in [2.05, 4.69) is 28.9 Å². The van der Waals surface area contributed by atoms with Gasteiger partial charge in [0.2, 0.25) is 0 Å². The molecule has 1 aliphatic heterocycles. The first-order valence-corrected chi connectivity index (χ1v) is 7.96. The first-order chi connectivity index (χ1) is 7.71. The van der Waals surface area contributed by atoms with Crippen LogP contribution in [0.25, 0.3) is 0 Å². The van der Waals surface area contributed by atoms with Crippen molar-refractivity contribution in [2.45, 2.75) is 26.2 Å². The summed E-state index contributed by atoms with van der Waals surface area (Å²) in [6.07, 6.45) is 2.66. The Hall–Kier alpha value is -0.690. The average Bonchev–Trinajstić information content (AvgIpc) is 2.57. The molecule has 84 valence electrons. The molecule has 0 N–H and O–H groups in total. The van der Waals surface area contributed by atoms with Gasteiger partial charge in [0.25, 0.3) is 0 Å². The summed E-state index contributed by atoms with van der Waals surface area (Å²) >= 11 is 3.24. The van der Waals surface area contributed by atoms with Crippen molar-refractivity contribution >= 4 is 35.6 Å². The van der Waals surface area contributed by atoms with E-state index in [4.69, 9.17) is 10.5 Å². The summed E-state index contributed by atoms with van der Waals surface area (Å²) < 4.78 is 11.6. The number of nitriles is 2. The van der Waals surface area contributed by atoms with E-state index in [-0.39, 0.29) is 0 Å². The summed E-state index contributed by atoms with van der Waals surface area (Å²) in [6.45, 7) is 2.05. The Labute approximate surface area is 108 Å². The number of hydrogen-bond acceptors (Lipinski definition) is 3. The predicted octanol–water partition coefficient (Wildman–Crippen LogP) is 2.84. The van der Waals surface area contributed by atoms with Crippen LogP contribution in [0, 0.1) is 22.7 Å². The standard InChI is InChI=1S/C10H9BrN2OS2/c1-2-3-4-8-7(5-12)10(11)9(6-13)16(8)15-14/h2-4H2,1H3. The van der Waals surface area contributed by atoms with Crippen LogP contribution >= 0.6 is 15.9 Å². The average molecular weight is 317 g/mol. The first kappa shape index (κ1) is 13.4. The van der Waals surface area contributed by atoms with Crippen LogP contribution in [-0.4, -0.2) is 4.21 Å². The quantitative estimate of drug-likeness (QED) is 0.804. The van der Waals surface area contributed by atoms with Gasteiger partial charge in [-0.3, -0.25) is 0 Å². The van der Waals surface area contributed by atoms with Gasteiger partial charge in [-0.25, -0.2) is 4.21 Å². The molecule has 0 aromatic rings. The zero-order valence-electron chi connectivity index (χ0n) is 8.62. The maximum atomic E-state index is 11.1. The summed E-state index contributed by atoms with van der Waals surface area (Å²) in [5.41, 5.74) is 0.483. The van der Waals surface area contributed by atoms with Crippen LogP contribution in [0.15, 0.2) is 19.9 Å². The molecule has 0 spiro atoms. The Balaban J connectivity index is 3.28. The third kappa shape index (κ3) is 2.35. The maximum absolute atomic E-state index is 11.1. The molecule has 1 rings (SSSR count). The number of unbranched alkanes of at least 4 members (excludes halogenated alkanes) is 1. The van der Waals surface area contributed by atoms with Crippen molar-refractivity contribution in [2.75, 3.05) is 0 Å². The fraction of sp³-hybridized carbons (Fsp3) is 0.400. The maximum Gasteiger partial charge on any atom is 0.130 e. The van der Waals surface area contributed by atoms with Gasteiger partial charge < -0.3 is 0 Å². The fourth-order valence-corrected chi connectivity index (χ4v) is 5.44. The zero-order valence-corrected chi connectivity index (χ0v) is 11.8. The topological polar surface area (TPSA) is 64.7 Å². The molecule has 0 radical (unpaired) electrons. The molecule has 0 saturated heterocycles. The van der Waals surface area contributed by atoms with E-state index < -0.39 is 9.45 Å². The van der Waals surface area contributed by atoms with Crippen LogP contribution in [0.2, 0.25) is 0 Å². The lowest BCUT2D eigenvalue weighted by molar-refractivity contribution is 0.701. The van der Waals surface area contributed by atoms with Crippen LogP contribution in [-0.2, 0) is 19.7 Å². The van der Waals surface area contributed by atoms with Gasteiger partial charge in [-0.15, -0.1) is 0 Å². The van der Waals surface area contributed by atoms with Crippen LogP contribution < -0.4 is 0 Å². The van der Waals surface area contributed by atoms with Gasteiger partial charge >= 0.3 is 0 Å². The lowest BCUT2D eigenvalue weighted by Crippen LogP contribution is -1.93. The van der Waals surface area contributed by atoms with Crippen molar-refractivity contribution in [3.05, 3.63) is 19.9 Å². The van der Waals surface area contributed by atoms with E-state index in [0.717, 1.165) is 24.2 Å². The van der Waals surface area contributed by atoms with Gasteiger partial charge in [-0.2, -0.15) is 10.5 Å². The van der Waals surface area contributed by atoms with Gasteiger partial charge in [0.15, 0.2) is 0 Å². The second-order valence-electron chi connectivity index (χ2n) is 3.11. The van der Waals surface area contributed by atoms with Crippen LogP contribution in [0.5, 0.6) is 0 Å². The van der Waals surface area contributed by atoms with Gasteiger partial charge in [0.1, 0.15) is 27.3 Å². The molecule has 0 fully saturated rings. The molecule has 1 atom stereocenters. The van der Waals surface area contributed by atoms with E-state index in [1.165, 1.54) is 0 Å². The molecule has 0 aromatic heterocycles. The second kappa shape index (κ2) is 6.15. The van der Waals surface area contributed by atoms with Crippen LogP contribution in [0.4, 0.5) is 0 Å². The van der Waals surface area contributed by atoms with Crippen molar-refractivity contribution in [1.29, 1.82) is 10.5 Å². The van der Waals surface area contributed by atoms with E-state index in [0.29, 0.717) is 25.2 Å². The largest absolute Gasteiger partial charge is 0.205 e. The molecular formula is C10H9BrN2OS2. The summed E-state index contributed by atoms with van der Waals surface area (Å²) in [5.74, 6) is 0. The molecule has 1 aliphatic rings. The molecule has 0 saturated carbocycles. The molecule has 1 unspecified atom stereocenters. The Morgan fingerprint density at radius 3 is 2.56 bits per heavy atom. The minimum atomic E-state index is -0.782. The Morgan fingerprint density at radius 2 is 2.12 bits per heavy atom. The summed E-state index contributed by atoms with van der Waals surface area (Å²) in [5, 5.41) is 18.0. The minimum absolute atomic E-state index is 0.405. The number of allylic oxidation sites excluding steroid dienone is 4. The highest BCUT2D eigenvalue weighted by Gasteiger charge is 2.27. The highest BCUT2D eigenvalue weighted by molar-refractivity contribution is 9.12. The summed E-state index contributed by atoms with van der Waals surface area (Å²) in [7, 11) is -0.377. The van der Waals surface area contributed by atoms with E-state index in [1.54, 1.807) is 0 Å². The molecule has 0 aromatic carbocycles. The lowest BCUT2D eigenvalue weighted by atomic mass is 10.1.